The molecule has 0 aliphatic rings. The average molecular weight is 280 g/mol. The number of hydrogen-bond donors (Lipinski definition) is 0. The molecule has 0 aliphatic heterocycles. The SMILES string of the molecule is C/C(=C\C=C(/C)c1ccc(P)cc1)c1ccc(C)cc1. The van der Waals surface area contributed by atoms with Crippen molar-refractivity contribution < 1.29 is 0 Å². The first kappa shape index (κ1) is 14.8. The average Bonchev–Trinajstić information content (AvgIpc) is 2.46. The van der Waals surface area contributed by atoms with Crippen LogP contribution in [0, 0.1) is 6.92 Å². The second kappa shape index (κ2) is 6.68. The van der Waals surface area contributed by atoms with E-state index >= 15 is 0 Å². The number of aryl methyl sites for hydroxylation is 1. The molecule has 0 nitrogen and oxygen atoms in total. The minimum absolute atomic E-state index is 1.22. The Bertz CT molecular complexity index is 569. The number of benzene rings is 2. The Morgan fingerprint density at radius 2 is 1.15 bits per heavy atom. The Morgan fingerprint density at radius 3 is 1.60 bits per heavy atom. The van der Waals surface area contributed by atoms with Crippen molar-refractivity contribution in [2.75, 3.05) is 0 Å². The summed E-state index contributed by atoms with van der Waals surface area (Å²) in [6, 6.07) is 17.2. The lowest BCUT2D eigenvalue weighted by molar-refractivity contribution is 1.44. The zero-order valence-corrected chi connectivity index (χ0v) is 13.5. The van der Waals surface area contributed by atoms with Gasteiger partial charge in [0, 0.05) is 0 Å². The van der Waals surface area contributed by atoms with Crippen molar-refractivity contribution in [3.05, 3.63) is 77.4 Å². The molecule has 2 aromatic rings. The van der Waals surface area contributed by atoms with Gasteiger partial charge in [0.15, 0.2) is 0 Å². The summed E-state index contributed by atoms with van der Waals surface area (Å²) in [5, 5.41) is 1.22. The molecule has 0 heterocycles. The fraction of sp³-hybridized carbons (Fsp3) is 0.158. The van der Waals surface area contributed by atoms with E-state index in [2.05, 4.69) is 90.7 Å². The Labute approximate surface area is 124 Å². The quantitative estimate of drug-likeness (QED) is 0.548. The first-order valence-electron chi connectivity index (χ1n) is 6.84. The maximum Gasteiger partial charge on any atom is -0.0227 e. The molecule has 0 N–H and O–H groups in total. The van der Waals surface area contributed by atoms with Crippen molar-refractivity contribution in [3.63, 3.8) is 0 Å². The summed E-state index contributed by atoms with van der Waals surface area (Å²) < 4.78 is 0. The first-order valence-corrected chi connectivity index (χ1v) is 7.42. The fourth-order valence-electron chi connectivity index (χ4n) is 2.00. The molecule has 0 saturated carbocycles. The second-order valence-electron chi connectivity index (χ2n) is 5.19. The minimum Gasteiger partial charge on any atom is -0.106 e. The standard InChI is InChI=1S/C19H21P/c1-14-4-8-17(9-5-14)15(2)6-7-16(3)18-10-12-19(20)13-11-18/h4-13H,20H2,1-3H3/b15-6+,16-7+. The molecule has 102 valence electrons. The molecule has 2 aromatic carbocycles. The van der Waals surface area contributed by atoms with Gasteiger partial charge in [0.2, 0.25) is 0 Å². The molecule has 1 heteroatoms. The molecule has 0 fully saturated rings. The molecule has 20 heavy (non-hydrogen) atoms. The first-order chi connectivity index (χ1) is 9.56. The molecule has 0 aliphatic carbocycles. The van der Waals surface area contributed by atoms with Gasteiger partial charge in [0.1, 0.15) is 0 Å². The van der Waals surface area contributed by atoms with Crippen LogP contribution < -0.4 is 5.30 Å². The molecule has 0 aromatic heterocycles. The van der Waals surface area contributed by atoms with Gasteiger partial charge in [0.05, 0.1) is 0 Å². The highest BCUT2D eigenvalue weighted by molar-refractivity contribution is 7.27. The molecule has 2 rings (SSSR count). The van der Waals surface area contributed by atoms with E-state index < -0.39 is 0 Å². The maximum atomic E-state index is 2.71. The maximum absolute atomic E-state index is 2.71. The lowest BCUT2D eigenvalue weighted by Crippen LogP contribution is -1.89. The molecule has 1 atom stereocenters. The summed E-state index contributed by atoms with van der Waals surface area (Å²) in [5.74, 6) is 0. The predicted molar refractivity (Wildman–Crippen MR) is 94.3 cm³/mol. The van der Waals surface area contributed by atoms with E-state index in [1.54, 1.807) is 0 Å². The molecule has 0 bridgehead atoms. The van der Waals surface area contributed by atoms with Crippen LogP contribution in [-0.4, -0.2) is 0 Å². The second-order valence-corrected chi connectivity index (χ2v) is 5.85. The Hall–Kier alpha value is -1.65. The summed E-state index contributed by atoms with van der Waals surface area (Å²) in [5.41, 5.74) is 6.41. The highest BCUT2D eigenvalue weighted by Gasteiger charge is 1.96. The molecule has 1 unspecified atom stereocenters. The summed E-state index contributed by atoms with van der Waals surface area (Å²) in [4.78, 5) is 0. The van der Waals surface area contributed by atoms with Gasteiger partial charge in [-0.25, -0.2) is 0 Å². The van der Waals surface area contributed by atoms with E-state index in [1.165, 1.54) is 33.1 Å². The van der Waals surface area contributed by atoms with E-state index in [1.807, 2.05) is 0 Å². The lowest BCUT2D eigenvalue weighted by Gasteiger charge is -2.03. The Morgan fingerprint density at radius 1 is 0.750 bits per heavy atom. The lowest BCUT2D eigenvalue weighted by atomic mass is 10.0. The van der Waals surface area contributed by atoms with Crippen molar-refractivity contribution in [1.29, 1.82) is 0 Å². The third-order valence-corrected chi connectivity index (χ3v) is 3.84. The van der Waals surface area contributed by atoms with E-state index in [9.17, 15) is 0 Å². The van der Waals surface area contributed by atoms with Gasteiger partial charge in [-0.2, -0.15) is 0 Å². The van der Waals surface area contributed by atoms with Gasteiger partial charge >= 0.3 is 0 Å². The number of allylic oxidation sites excluding steroid dienone is 4. The topological polar surface area (TPSA) is 0 Å². The van der Waals surface area contributed by atoms with E-state index in [0.29, 0.717) is 0 Å². The Balaban J connectivity index is 2.19. The zero-order chi connectivity index (χ0) is 14.5. The van der Waals surface area contributed by atoms with Crippen LogP contribution in [0.2, 0.25) is 0 Å². The van der Waals surface area contributed by atoms with Crippen molar-refractivity contribution in [2.45, 2.75) is 20.8 Å². The normalized spacial score (nSPS) is 12.6. The summed E-state index contributed by atoms with van der Waals surface area (Å²) in [6.07, 6.45) is 4.38. The van der Waals surface area contributed by atoms with Crippen LogP contribution in [0.4, 0.5) is 0 Å². The van der Waals surface area contributed by atoms with Crippen LogP contribution in [-0.2, 0) is 0 Å². The van der Waals surface area contributed by atoms with Gasteiger partial charge in [-0.15, -0.1) is 9.24 Å². The van der Waals surface area contributed by atoms with Crippen molar-refractivity contribution in [1.82, 2.24) is 0 Å². The number of rotatable bonds is 3. The molecular formula is C19H21P. The molecule has 0 radical (unpaired) electrons. The highest BCUT2D eigenvalue weighted by Crippen LogP contribution is 2.17. The van der Waals surface area contributed by atoms with Gasteiger partial charge < -0.3 is 0 Å². The summed E-state index contributed by atoms with van der Waals surface area (Å²) in [6.45, 7) is 6.42. The fourth-order valence-corrected chi connectivity index (χ4v) is 2.20. The predicted octanol–water partition coefficient (Wildman–Crippen LogP) is 5.00. The molecule has 0 spiro atoms. The van der Waals surface area contributed by atoms with Crippen molar-refractivity contribution >= 4 is 25.7 Å². The summed E-state index contributed by atoms with van der Waals surface area (Å²) >= 11 is 0. The minimum atomic E-state index is 1.22. The van der Waals surface area contributed by atoms with Gasteiger partial charge in [-0.05, 0) is 48.3 Å². The van der Waals surface area contributed by atoms with Crippen LogP contribution in [0.5, 0.6) is 0 Å². The van der Waals surface area contributed by atoms with E-state index in [4.69, 9.17) is 0 Å². The molecule has 0 amide bonds. The third-order valence-electron chi connectivity index (χ3n) is 3.46. The van der Waals surface area contributed by atoms with Gasteiger partial charge in [0.25, 0.3) is 0 Å². The van der Waals surface area contributed by atoms with Crippen LogP contribution in [0.1, 0.15) is 30.5 Å². The van der Waals surface area contributed by atoms with Gasteiger partial charge in [-0.3, -0.25) is 0 Å². The van der Waals surface area contributed by atoms with Crippen LogP contribution >= 0.6 is 9.24 Å². The summed E-state index contributed by atoms with van der Waals surface area (Å²) in [7, 11) is 2.71. The smallest absolute Gasteiger partial charge is 0.0227 e. The van der Waals surface area contributed by atoms with Crippen molar-refractivity contribution in [3.8, 4) is 0 Å². The van der Waals surface area contributed by atoms with E-state index in [-0.39, 0.29) is 0 Å². The van der Waals surface area contributed by atoms with E-state index in [0.717, 1.165) is 0 Å². The van der Waals surface area contributed by atoms with Crippen LogP contribution in [0.3, 0.4) is 0 Å². The molecule has 0 saturated heterocycles. The number of hydrogen-bond acceptors (Lipinski definition) is 0. The van der Waals surface area contributed by atoms with Crippen LogP contribution in [0.15, 0.2) is 60.7 Å². The highest BCUT2D eigenvalue weighted by atomic mass is 31.0. The largest absolute Gasteiger partial charge is 0.106 e. The zero-order valence-electron chi connectivity index (χ0n) is 12.4. The monoisotopic (exact) mass is 280 g/mol. The third kappa shape index (κ3) is 3.92. The van der Waals surface area contributed by atoms with Crippen LogP contribution in [0.25, 0.3) is 11.1 Å². The Kier molecular flexibility index (Phi) is 4.93. The van der Waals surface area contributed by atoms with Crippen molar-refractivity contribution in [2.24, 2.45) is 0 Å². The van der Waals surface area contributed by atoms with Gasteiger partial charge in [-0.1, -0.05) is 66.2 Å². The molecular weight excluding hydrogens is 259 g/mol.